The minimum atomic E-state index is -0.270. The third-order valence-electron chi connectivity index (χ3n) is 3.02. The van der Waals surface area contributed by atoms with Crippen LogP contribution in [0.5, 0.6) is 0 Å². The van der Waals surface area contributed by atoms with E-state index in [9.17, 15) is 10.2 Å². The van der Waals surface area contributed by atoms with Crippen molar-refractivity contribution in [2.24, 2.45) is 11.3 Å². The number of rotatable bonds is 8. The summed E-state index contributed by atoms with van der Waals surface area (Å²) in [7, 11) is 0. The maximum absolute atomic E-state index is 9.34. The van der Waals surface area contributed by atoms with E-state index < -0.39 is 0 Å². The van der Waals surface area contributed by atoms with Gasteiger partial charge in [0.05, 0.1) is 13.2 Å². The van der Waals surface area contributed by atoms with Crippen molar-refractivity contribution in [3.8, 4) is 0 Å². The van der Waals surface area contributed by atoms with Gasteiger partial charge in [0.2, 0.25) is 0 Å². The molecule has 0 atom stereocenters. The van der Waals surface area contributed by atoms with Gasteiger partial charge in [-0.3, -0.25) is 0 Å². The lowest BCUT2D eigenvalue weighted by atomic mass is 9.75. The molecule has 86 valence electrons. The predicted octanol–water partition coefficient (Wildman–Crippen LogP) is 2.15. The smallest absolute Gasteiger partial charge is 0.0511 e. The highest BCUT2D eigenvalue weighted by molar-refractivity contribution is 7.99. The van der Waals surface area contributed by atoms with Crippen LogP contribution in [0.4, 0.5) is 0 Å². The van der Waals surface area contributed by atoms with Gasteiger partial charge < -0.3 is 10.2 Å². The van der Waals surface area contributed by atoms with Crippen LogP contribution in [0.2, 0.25) is 0 Å². The summed E-state index contributed by atoms with van der Waals surface area (Å²) in [6, 6.07) is 0. The summed E-state index contributed by atoms with van der Waals surface area (Å²) in [6.45, 7) is 6.48. The van der Waals surface area contributed by atoms with Gasteiger partial charge in [0.15, 0.2) is 0 Å². The first-order valence-corrected chi connectivity index (χ1v) is 6.58. The molecule has 0 aliphatic heterocycles. The van der Waals surface area contributed by atoms with Gasteiger partial charge in [-0.05, 0) is 30.3 Å². The van der Waals surface area contributed by atoms with Crippen LogP contribution in [-0.4, -0.2) is 34.9 Å². The van der Waals surface area contributed by atoms with Crippen molar-refractivity contribution >= 4 is 11.8 Å². The van der Waals surface area contributed by atoms with Crippen LogP contribution in [0.15, 0.2) is 0 Å². The van der Waals surface area contributed by atoms with Crippen LogP contribution in [0, 0.1) is 11.3 Å². The Morgan fingerprint density at radius 2 is 1.79 bits per heavy atom. The quantitative estimate of drug-likeness (QED) is 0.616. The molecule has 14 heavy (non-hydrogen) atoms. The van der Waals surface area contributed by atoms with Crippen LogP contribution in [0.3, 0.4) is 0 Å². The monoisotopic (exact) mass is 220 g/mol. The molecular weight excluding hydrogens is 196 g/mol. The first-order chi connectivity index (χ1) is 6.63. The highest BCUT2D eigenvalue weighted by atomic mass is 32.2. The highest BCUT2D eigenvalue weighted by Gasteiger charge is 2.31. The molecule has 0 rings (SSSR count). The summed E-state index contributed by atoms with van der Waals surface area (Å²) in [5.74, 6) is 2.61. The molecule has 2 N–H and O–H groups in total. The van der Waals surface area contributed by atoms with Crippen LogP contribution in [0.1, 0.15) is 33.6 Å². The summed E-state index contributed by atoms with van der Waals surface area (Å²) < 4.78 is 0. The number of hydrogen-bond donors (Lipinski definition) is 2. The SMILES string of the molecule is CCSCCCC(CO)(CO)C(C)C. The topological polar surface area (TPSA) is 40.5 Å². The Morgan fingerprint density at radius 3 is 2.14 bits per heavy atom. The largest absolute Gasteiger partial charge is 0.396 e. The minimum Gasteiger partial charge on any atom is -0.396 e. The Kier molecular flexibility index (Phi) is 7.69. The maximum atomic E-state index is 9.34. The van der Waals surface area contributed by atoms with Gasteiger partial charge >= 0.3 is 0 Å². The highest BCUT2D eigenvalue weighted by Crippen LogP contribution is 2.32. The fourth-order valence-corrected chi connectivity index (χ4v) is 2.17. The van der Waals surface area contributed by atoms with Crippen LogP contribution in [-0.2, 0) is 0 Å². The summed E-state index contributed by atoms with van der Waals surface area (Å²) >= 11 is 1.92. The van der Waals surface area contributed by atoms with Crippen LogP contribution < -0.4 is 0 Å². The molecule has 0 unspecified atom stereocenters. The van der Waals surface area contributed by atoms with Crippen molar-refractivity contribution in [3.63, 3.8) is 0 Å². The van der Waals surface area contributed by atoms with Crippen molar-refractivity contribution in [2.75, 3.05) is 24.7 Å². The molecule has 2 nitrogen and oxygen atoms in total. The second kappa shape index (κ2) is 7.55. The molecule has 0 saturated heterocycles. The normalized spacial score (nSPS) is 12.4. The summed E-state index contributed by atoms with van der Waals surface area (Å²) in [5.41, 5.74) is -0.270. The molecule has 0 aromatic carbocycles. The third kappa shape index (κ3) is 4.20. The molecule has 0 aromatic heterocycles. The van der Waals surface area contributed by atoms with Crippen LogP contribution in [0.25, 0.3) is 0 Å². The molecule has 3 heteroatoms. The average molecular weight is 220 g/mol. The third-order valence-corrected chi connectivity index (χ3v) is 4.01. The lowest BCUT2D eigenvalue weighted by molar-refractivity contribution is 0.00860. The van der Waals surface area contributed by atoms with E-state index in [0.29, 0.717) is 5.92 Å². The first-order valence-electron chi connectivity index (χ1n) is 5.42. The molecule has 0 aliphatic carbocycles. The standard InChI is InChI=1S/C11H24O2S/c1-4-14-7-5-6-11(8-12,9-13)10(2)3/h10,12-13H,4-9H2,1-3H3. The summed E-state index contributed by atoms with van der Waals surface area (Å²) in [6.07, 6.45) is 2.00. The lowest BCUT2D eigenvalue weighted by Crippen LogP contribution is -2.35. The minimum absolute atomic E-state index is 0.0952. The van der Waals surface area contributed by atoms with E-state index in [4.69, 9.17) is 0 Å². The van der Waals surface area contributed by atoms with Crippen molar-refractivity contribution in [2.45, 2.75) is 33.6 Å². The van der Waals surface area contributed by atoms with Gasteiger partial charge in [-0.1, -0.05) is 20.8 Å². The zero-order chi connectivity index (χ0) is 11.0. The second-order valence-electron chi connectivity index (χ2n) is 4.13. The van der Waals surface area contributed by atoms with E-state index in [-0.39, 0.29) is 18.6 Å². The molecule has 0 aliphatic rings. The average Bonchev–Trinajstić information content (AvgIpc) is 2.18. The molecule has 0 fully saturated rings. The van der Waals surface area contributed by atoms with E-state index in [1.54, 1.807) is 0 Å². The van der Waals surface area contributed by atoms with Gasteiger partial charge in [-0.25, -0.2) is 0 Å². The summed E-state index contributed by atoms with van der Waals surface area (Å²) in [5, 5.41) is 18.7. The van der Waals surface area contributed by atoms with Gasteiger partial charge in [-0.2, -0.15) is 11.8 Å². The number of thioether (sulfide) groups is 1. The van der Waals surface area contributed by atoms with E-state index in [1.165, 1.54) is 0 Å². The zero-order valence-electron chi connectivity index (χ0n) is 9.62. The molecular formula is C11H24O2S. The molecule has 0 bridgehead atoms. The molecule has 0 radical (unpaired) electrons. The van der Waals surface area contributed by atoms with Gasteiger partial charge in [-0.15, -0.1) is 0 Å². The van der Waals surface area contributed by atoms with Crippen molar-refractivity contribution in [1.29, 1.82) is 0 Å². The number of aliphatic hydroxyl groups excluding tert-OH is 2. The molecule has 0 saturated carbocycles. The first kappa shape index (κ1) is 14.3. The molecule has 0 aromatic rings. The van der Waals surface area contributed by atoms with Crippen molar-refractivity contribution in [3.05, 3.63) is 0 Å². The Morgan fingerprint density at radius 1 is 1.21 bits per heavy atom. The Balaban J connectivity index is 3.95. The van der Waals surface area contributed by atoms with Crippen molar-refractivity contribution < 1.29 is 10.2 Å². The van der Waals surface area contributed by atoms with E-state index in [2.05, 4.69) is 20.8 Å². The van der Waals surface area contributed by atoms with Crippen molar-refractivity contribution in [1.82, 2.24) is 0 Å². The van der Waals surface area contributed by atoms with Crippen LogP contribution >= 0.6 is 11.8 Å². The Labute approximate surface area is 92.1 Å². The van der Waals surface area contributed by atoms with Gasteiger partial charge in [0.1, 0.15) is 0 Å². The fraction of sp³-hybridized carbons (Fsp3) is 1.00. The fourth-order valence-electron chi connectivity index (χ4n) is 1.53. The van der Waals surface area contributed by atoms with Gasteiger partial charge in [0, 0.05) is 5.41 Å². The van der Waals surface area contributed by atoms with E-state index >= 15 is 0 Å². The lowest BCUT2D eigenvalue weighted by Gasteiger charge is -2.34. The Bertz CT molecular complexity index is 133. The predicted molar refractivity (Wildman–Crippen MR) is 63.7 cm³/mol. The number of hydrogen-bond acceptors (Lipinski definition) is 3. The van der Waals surface area contributed by atoms with E-state index in [1.807, 2.05) is 11.8 Å². The zero-order valence-corrected chi connectivity index (χ0v) is 10.4. The Hall–Kier alpha value is 0.270. The van der Waals surface area contributed by atoms with Gasteiger partial charge in [0.25, 0.3) is 0 Å². The maximum Gasteiger partial charge on any atom is 0.0511 e. The van der Waals surface area contributed by atoms with E-state index in [0.717, 1.165) is 24.3 Å². The molecule has 0 amide bonds. The number of aliphatic hydroxyl groups is 2. The second-order valence-corrected chi connectivity index (χ2v) is 5.53. The summed E-state index contributed by atoms with van der Waals surface area (Å²) in [4.78, 5) is 0. The molecule has 0 spiro atoms. The molecule has 0 heterocycles.